The van der Waals surface area contributed by atoms with Gasteiger partial charge in [0.15, 0.2) is 5.96 Å². The van der Waals surface area contributed by atoms with Crippen molar-refractivity contribution in [3.8, 4) is 17.2 Å². The topological polar surface area (TPSA) is 75.6 Å². The normalized spacial score (nSPS) is 14.7. The molecule has 1 heterocycles. The summed E-state index contributed by atoms with van der Waals surface area (Å²) in [6.45, 7) is 8.05. The van der Waals surface area contributed by atoms with E-state index >= 15 is 0 Å². The Balaban J connectivity index is 2.09. The van der Waals surface area contributed by atoms with E-state index in [0.29, 0.717) is 18.7 Å². The SMILES string of the molecule is CCNC(=NCCc1c(OC)cc(OC)cc1OC)N1CCN(C(C)=O)CC1. The van der Waals surface area contributed by atoms with Crippen LogP contribution in [-0.4, -0.2) is 82.3 Å². The maximum absolute atomic E-state index is 11.5. The molecule has 1 fully saturated rings. The molecule has 8 heteroatoms. The molecule has 1 aliphatic heterocycles. The van der Waals surface area contributed by atoms with Gasteiger partial charge in [-0.15, -0.1) is 0 Å². The second kappa shape index (κ2) is 10.6. The second-order valence-electron chi connectivity index (χ2n) is 6.49. The molecule has 1 N–H and O–H groups in total. The van der Waals surface area contributed by atoms with Gasteiger partial charge in [-0.25, -0.2) is 0 Å². The Bertz CT molecular complexity index is 660. The number of hydrogen-bond donors (Lipinski definition) is 1. The van der Waals surface area contributed by atoms with E-state index in [1.807, 2.05) is 17.0 Å². The number of amides is 1. The zero-order valence-corrected chi connectivity index (χ0v) is 17.6. The Hall–Kier alpha value is -2.64. The van der Waals surface area contributed by atoms with Crippen LogP contribution in [0.1, 0.15) is 19.4 Å². The number of ether oxygens (including phenoxy) is 3. The molecule has 28 heavy (non-hydrogen) atoms. The van der Waals surface area contributed by atoms with E-state index in [9.17, 15) is 4.79 Å². The fourth-order valence-corrected chi connectivity index (χ4v) is 3.26. The summed E-state index contributed by atoms with van der Waals surface area (Å²) >= 11 is 0. The molecule has 1 amide bonds. The highest BCUT2D eigenvalue weighted by Gasteiger charge is 2.21. The van der Waals surface area contributed by atoms with Crippen LogP contribution in [0.2, 0.25) is 0 Å². The predicted molar refractivity (Wildman–Crippen MR) is 110 cm³/mol. The summed E-state index contributed by atoms with van der Waals surface area (Å²) in [7, 11) is 4.89. The number of benzene rings is 1. The van der Waals surface area contributed by atoms with Crippen molar-refractivity contribution in [3.63, 3.8) is 0 Å². The van der Waals surface area contributed by atoms with E-state index in [4.69, 9.17) is 19.2 Å². The number of hydrogen-bond acceptors (Lipinski definition) is 5. The monoisotopic (exact) mass is 392 g/mol. The van der Waals surface area contributed by atoms with Crippen LogP contribution in [0, 0.1) is 0 Å². The van der Waals surface area contributed by atoms with Gasteiger partial charge in [0.2, 0.25) is 5.91 Å². The Morgan fingerprint density at radius 2 is 1.61 bits per heavy atom. The van der Waals surface area contributed by atoms with E-state index in [1.54, 1.807) is 28.3 Å². The zero-order chi connectivity index (χ0) is 20.5. The number of guanidine groups is 1. The number of nitrogens with zero attached hydrogens (tertiary/aromatic N) is 3. The van der Waals surface area contributed by atoms with E-state index in [0.717, 1.165) is 55.7 Å². The number of aliphatic imine (C=N–C) groups is 1. The van der Waals surface area contributed by atoms with Crippen molar-refractivity contribution >= 4 is 11.9 Å². The lowest BCUT2D eigenvalue weighted by Crippen LogP contribution is -2.53. The molecular weight excluding hydrogens is 360 g/mol. The lowest BCUT2D eigenvalue weighted by molar-refractivity contribution is -0.130. The van der Waals surface area contributed by atoms with Gasteiger partial charge in [-0.1, -0.05) is 0 Å². The second-order valence-corrected chi connectivity index (χ2v) is 6.49. The molecule has 1 aromatic rings. The average molecular weight is 393 g/mol. The molecule has 0 aromatic heterocycles. The highest BCUT2D eigenvalue weighted by Crippen LogP contribution is 2.34. The minimum atomic E-state index is 0.125. The molecule has 1 aliphatic rings. The summed E-state index contributed by atoms with van der Waals surface area (Å²) in [4.78, 5) is 20.4. The fraction of sp³-hybridized carbons (Fsp3) is 0.600. The molecular formula is C20H32N4O4. The van der Waals surface area contributed by atoms with E-state index < -0.39 is 0 Å². The molecule has 156 valence electrons. The summed E-state index contributed by atoms with van der Waals surface area (Å²) in [5, 5.41) is 3.35. The molecule has 0 unspecified atom stereocenters. The zero-order valence-electron chi connectivity index (χ0n) is 17.6. The minimum absolute atomic E-state index is 0.125. The van der Waals surface area contributed by atoms with Crippen molar-refractivity contribution in [2.75, 3.05) is 60.6 Å². The summed E-state index contributed by atoms with van der Waals surface area (Å²) in [5.74, 6) is 3.15. The van der Waals surface area contributed by atoms with Gasteiger partial charge in [-0.05, 0) is 13.3 Å². The molecule has 1 saturated heterocycles. The van der Waals surface area contributed by atoms with Crippen LogP contribution in [-0.2, 0) is 11.2 Å². The van der Waals surface area contributed by atoms with Gasteiger partial charge in [0.25, 0.3) is 0 Å². The third-order valence-electron chi connectivity index (χ3n) is 4.80. The van der Waals surface area contributed by atoms with Gasteiger partial charge in [0.1, 0.15) is 17.2 Å². The lowest BCUT2D eigenvalue weighted by atomic mass is 10.1. The Kier molecular flexibility index (Phi) is 8.22. The van der Waals surface area contributed by atoms with Crippen molar-refractivity contribution in [1.82, 2.24) is 15.1 Å². The maximum Gasteiger partial charge on any atom is 0.219 e. The van der Waals surface area contributed by atoms with Crippen LogP contribution >= 0.6 is 0 Å². The van der Waals surface area contributed by atoms with Gasteiger partial charge in [0, 0.05) is 63.9 Å². The molecule has 0 radical (unpaired) electrons. The third-order valence-corrected chi connectivity index (χ3v) is 4.80. The smallest absolute Gasteiger partial charge is 0.219 e. The van der Waals surface area contributed by atoms with Gasteiger partial charge in [0.05, 0.1) is 21.3 Å². The van der Waals surface area contributed by atoms with Crippen molar-refractivity contribution in [1.29, 1.82) is 0 Å². The Labute approximate surface area is 167 Å². The predicted octanol–water partition coefficient (Wildman–Crippen LogP) is 1.38. The van der Waals surface area contributed by atoms with Crippen molar-refractivity contribution in [2.45, 2.75) is 20.3 Å². The molecule has 0 aliphatic carbocycles. The molecule has 0 saturated carbocycles. The number of nitrogens with one attached hydrogen (secondary N) is 1. The summed E-state index contributed by atoms with van der Waals surface area (Å²) in [5.41, 5.74) is 0.965. The molecule has 1 aromatic carbocycles. The number of carbonyl (C=O) groups is 1. The maximum atomic E-state index is 11.5. The minimum Gasteiger partial charge on any atom is -0.496 e. The van der Waals surface area contributed by atoms with E-state index in [1.165, 1.54) is 0 Å². The van der Waals surface area contributed by atoms with Crippen LogP contribution in [0.5, 0.6) is 17.2 Å². The van der Waals surface area contributed by atoms with Crippen LogP contribution in [0.3, 0.4) is 0 Å². The van der Waals surface area contributed by atoms with Crippen LogP contribution in [0.4, 0.5) is 0 Å². The first kappa shape index (κ1) is 21.7. The van der Waals surface area contributed by atoms with Gasteiger partial charge >= 0.3 is 0 Å². The highest BCUT2D eigenvalue weighted by atomic mass is 16.5. The largest absolute Gasteiger partial charge is 0.496 e. The van der Waals surface area contributed by atoms with Gasteiger partial charge in [-0.2, -0.15) is 0 Å². The summed E-state index contributed by atoms with van der Waals surface area (Å²) in [6.07, 6.45) is 0.679. The third kappa shape index (κ3) is 5.43. The fourth-order valence-electron chi connectivity index (χ4n) is 3.26. The molecule has 2 rings (SSSR count). The number of methoxy groups -OCH3 is 3. The molecule has 8 nitrogen and oxygen atoms in total. The lowest BCUT2D eigenvalue weighted by Gasteiger charge is -2.36. The van der Waals surface area contributed by atoms with Gasteiger partial charge in [-0.3, -0.25) is 9.79 Å². The average Bonchev–Trinajstić information content (AvgIpc) is 2.72. The highest BCUT2D eigenvalue weighted by molar-refractivity contribution is 5.80. The Morgan fingerprint density at radius 1 is 1.04 bits per heavy atom. The van der Waals surface area contributed by atoms with Crippen molar-refractivity contribution in [3.05, 3.63) is 17.7 Å². The van der Waals surface area contributed by atoms with Crippen LogP contribution in [0.25, 0.3) is 0 Å². The molecule has 0 spiro atoms. The standard InChI is InChI=1S/C20H32N4O4/c1-6-21-20(24-11-9-23(10-12-24)15(2)25)22-8-7-17-18(27-4)13-16(26-3)14-19(17)28-5/h13-14H,6-12H2,1-5H3,(H,21,22). The molecule has 0 bridgehead atoms. The quantitative estimate of drug-likeness (QED) is 0.558. The summed E-state index contributed by atoms with van der Waals surface area (Å²) < 4.78 is 16.3. The first-order valence-corrected chi connectivity index (χ1v) is 9.61. The van der Waals surface area contributed by atoms with Crippen LogP contribution < -0.4 is 19.5 Å². The van der Waals surface area contributed by atoms with Crippen molar-refractivity contribution < 1.29 is 19.0 Å². The van der Waals surface area contributed by atoms with E-state index in [-0.39, 0.29) is 5.91 Å². The number of piperazine rings is 1. The first-order chi connectivity index (χ1) is 13.5. The number of carbonyl (C=O) groups excluding carboxylic acids is 1. The van der Waals surface area contributed by atoms with E-state index in [2.05, 4.69) is 17.1 Å². The van der Waals surface area contributed by atoms with Crippen molar-refractivity contribution in [2.24, 2.45) is 4.99 Å². The summed E-state index contributed by atoms with van der Waals surface area (Å²) in [6, 6.07) is 3.71. The van der Waals surface area contributed by atoms with Gasteiger partial charge < -0.3 is 29.3 Å². The van der Waals surface area contributed by atoms with Crippen LogP contribution in [0.15, 0.2) is 17.1 Å². The number of rotatable bonds is 7. The first-order valence-electron chi connectivity index (χ1n) is 9.61. The Morgan fingerprint density at radius 3 is 2.07 bits per heavy atom. The molecule has 0 atom stereocenters.